The molecule has 15 heavy (non-hydrogen) atoms. The smallest absolute Gasteiger partial charge is 0.0736 e. The summed E-state index contributed by atoms with van der Waals surface area (Å²) < 4.78 is 11.4. The van der Waals surface area contributed by atoms with Crippen LogP contribution in [-0.2, 0) is 16.1 Å². The Morgan fingerprint density at radius 3 is 2.80 bits per heavy atom. The highest BCUT2D eigenvalue weighted by Gasteiger charge is 1.99. The van der Waals surface area contributed by atoms with Gasteiger partial charge in [-0.15, -0.1) is 0 Å². The molecule has 3 nitrogen and oxygen atoms in total. The summed E-state index contributed by atoms with van der Waals surface area (Å²) in [5.74, 6) is 0. The van der Waals surface area contributed by atoms with Crippen molar-refractivity contribution in [3.8, 4) is 0 Å². The van der Waals surface area contributed by atoms with Gasteiger partial charge in [0.2, 0.25) is 0 Å². The van der Waals surface area contributed by atoms with Gasteiger partial charge in [0.1, 0.15) is 0 Å². The van der Waals surface area contributed by atoms with Crippen molar-refractivity contribution < 1.29 is 9.47 Å². The molecule has 0 heterocycles. The van der Waals surface area contributed by atoms with Crippen LogP contribution in [0.5, 0.6) is 0 Å². The monoisotopic (exact) mass is 273 g/mol. The highest BCUT2D eigenvalue weighted by molar-refractivity contribution is 9.10. The lowest BCUT2D eigenvalue weighted by Crippen LogP contribution is -2.01. The van der Waals surface area contributed by atoms with Gasteiger partial charge in [-0.05, 0) is 18.6 Å². The highest BCUT2D eigenvalue weighted by Crippen LogP contribution is 2.19. The van der Waals surface area contributed by atoms with Crippen LogP contribution in [0.25, 0.3) is 0 Å². The molecule has 0 saturated carbocycles. The molecule has 84 valence electrons. The number of hydrogen-bond acceptors (Lipinski definition) is 3. The molecule has 4 heteroatoms. The van der Waals surface area contributed by atoms with Gasteiger partial charge in [-0.1, -0.05) is 22.0 Å². The molecule has 0 bridgehead atoms. The van der Waals surface area contributed by atoms with Crippen LogP contribution in [0.15, 0.2) is 22.7 Å². The molecule has 1 aromatic carbocycles. The molecule has 1 aromatic rings. The van der Waals surface area contributed by atoms with E-state index in [1.54, 1.807) is 7.11 Å². The molecule has 0 aliphatic rings. The van der Waals surface area contributed by atoms with Crippen LogP contribution in [-0.4, -0.2) is 20.3 Å². The third kappa shape index (κ3) is 4.64. The van der Waals surface area contributed by atoms with Crippen molar-refractivity contribution in [1.82, 2.24) is 0 Å². The van der Waals surface area contributed by atoms with Gasteiger partial charge in [0.15, 0.2) is 0 Å². The quantitative estimate of drug-likeness (QED) is 0.640. The van der Waals surface area contributed by atoms with Gasteiger partial charge < -0.3 is 15.2 Å². The molecule has 0 unspecified atom stereocenters. The normalized spacial score (nSPS) is 10.5. The van der Waals surface area contributed by atoms with Gasteiger partial charge in [0.25, 0.3) is 0 Å². The Morgan fingerprint density at radius 2 is 2.13 bits per heavy atom. The van der Waals surface area contributed by atoms with Crippen LogP contribution < -0.4 is 5.73 Å². The van der Waals surface area contributed by atoms with Crippen LogP contribution in [0.3, 0.4) is 0 Å². The summed E-state index contributed by atoms with van der Waals surface area (Å²) in [6, 6.07) is 5.81. The zero-order valence-corrected chi connectivity index (χ0v) is 10.4. The molecule has 0 amide bonds. The average molecular weight is 274 g/mol. The fourth-order valence-electron chi connectivity index (χ4n) is 1.18. The number of anilines is 1. The Balaban J connectivity index is 2.31. The molecule has 0 radical (unpaired) electrons. The lowest BCUT2D eigenvalue weighted by atomic mass is 10.2. The van der Waals surface area contributed by atoms with Crippen LogP contribution >= 0.6 is 15.9 Å². The zero-order chi connectivity index (χ0) is 11.1. The van der Waals surface area contributed by atoms with Crippen molar-refractivity contribution in [3.05, 3.63) is 28.2 Å². The van der Waals surface area contributed by atoms with E-state index >= 15 is 0 Å². The molecule has 0 atom stereocenters. The minimum Gasteiger partial charge on any atom is -0.398 e. The van der Waals surface area contributed by atoms with E-state index in [1.165, 1.54) is 0 Å². The summed E-state index contributed by atoms with van der Waals surface area (Å²) in [7, 11) is 1.69. The Bertz CT molecular complexity index is 305. The first-order chi connectivity index (χ1) is 7.24. The number of halogens is 1. The molecule has 0 aliphatic carbocycles. The van der Waals surface area contributed by atoms with E-state index < -0.39 is 0 Å². The zero-order valence-electron chi connectivity index (χ0n) is 8.83. The summed E-state index contributed by atoms with van der Waals surface area (Å²) in [6.07, 6.45) is 0.910. The van der Waals surface area contributed by atoms with E-state index in [1.807, 2.05) is 18.2 Å². The Morgan fingerprint density at radius 1 is 1.33 bits per heavy atom. The molecule has 0 aliphatic heterocycles. The number of benzene rings is 1. The summed E-state index contributed by atoms with van der Waals surface area (Å²) in [4.78, 5) is 0. The van der Waals surface area contributed by atoms with Crippen molar-refractivity contribution >= 4 is 21.6 Å². The lowest BCUT2D eigenvalue weighted by Gasteiger charge is -2.07. The molecule has 0 spiro atoms. The fraction of sp³-hybridized carbons (Fsp3) is 0.455. The van der Waals surface area contributed by atoms with Crippen LogP contribution in [0.4, 0.5) is 5.69 Å². The standard InChI is InChI=1S/C11H16BrNO2/c1-14-5-2-6-15-8-9-3-4-10(12)7-11(9)13/h3-4,7H,2,5-6,8,13H2,1H3. The first-order valence-corrected chi connectivity index (χ1v) is 5.64. The maximum atomic E-state index is 5.83. The number of ether oxygens (including phenoxy) is 2. The third-order valence-electron chi connectivity index (χ3n) is 2.00. The predicted molar refractivity (Wildman–Crippen MR) is 64.7 cm³/mol. The number of hydrogen-bond donors (Lipinski definition) is 1. The van der Waals surface area contributed by atoms with E-state index in [0.717, 1.165) is 28.8 Å². The van der Waals surface area contributed by atoms with Crippen LogP contribution in [0.1, 0.15) is 12.0 Å². The van der Waals surface area contributed by atoms with Gasteiger partial charge in [-0.3, -0.25) is 0 Å². The Labute approximate surface area is 98.7 Å². The van der Waals surface area contributed by atoms with Crippen LogP contribution in [0, 0.1) is 0 Å². The molecule has 1 rings (SSSR count). The topological polar surface area (TPSA) is 44.5 Å². The number of nitrogens with two attached hydrogens (primary N) is 1. The second kappa shape index (κ2) is 6.82. The Kier molecular flexibility index (Phi) is 5.68. The third-order valence-corrected chi connectivity index (χ3v) is 2.50. The molecule has 0 aromatic heterocycles. The summed E-state index contributed by atoms with van der Waals surface area (Å²) in [6.45, 7) is 1.99. The second-order valence-corrected chi connectivity index (χ2v) is 4.16. The minimum absolute atomic E-state index is 0.558. The highest BCUT2D eigenvalue weighted by atomic mass is 79.9. The van der Waals surface area contributed by atoms with Crippen molar-refractivity contribution in [2.45, 2.75) is 13.0 Å². The Hall–Kier alpha value is -0.580. The fourth-order valence-corrected chi connectivity index (χ4v) is 1.56. The average Bonchev–Trinajstić information content (AvgIpc) is 2.20. The van der Waals surface area contributed by atoms with E-state index in [9.17, 15) is 0 Å². The summed E-state index contributed by atoms with van der Waals surface area (Å²) in [5, 5.41) is 0. The first-order valence-electron chi connectivity index (χ1n) is 4.84. The summed E-state index contributed by atoms with van der Waals surface area (Å²) in [5.41, 5.74) is 7.61. The van der Waals surface area contributed by atoms with Crippen molar-refractivity contribution in [2.75, 3.05) is 26.1 Å². The van der Waals surface area contributed by atoms with Crippen molar-refractivity contribution in [2.24, 2.45) is 0 Å². The number of rotatable bonds is 6. The van der Waals surface area contributed by atoms with E-state index in [0.29, 0.717) is 13.2 Å². The summed E-state index contributed by atoms with van der Waals surface area (Å²) >= 11 is 3.36. The molecular formula is C11H16BrNO2. The largest absolute Gasteiger partial charge is 0.398 e. The molecular weight excluding hydrogens is 258 g/mol. The molecule has 0 saturated heterocycles. The van der Waals surface area contributed by atoms with E-state index in [4.69, 9.17) is 15.2 Å². The molecule has 0 fully saturated rings. The van der Waals surface area contributed by atoms with E-state index in [2.05, 4.69) is 15.9 Å². The number of nitrogen functional groups attached to an aromatic ring is 1. The second-order valence-electron chi connectivity index (χ2n) is 3.24. The van der Waals surface area contributed by atoms with Gasteiger partial charge >= 0.3 is 0 Å². The van der Waals surface area contributed by atoms with Crippen molar-refractivity contribution in [1.29, 1.82) is 0 Å². The van der Waals surface area contributed by atoms with Gasteiger partial charge in [0, 0.05) is 36.0 Å². The van der Waals surface area contributed by atoms with Gasteiger partial charge in [0.05, 0.1) is 6.61 Å². The maximum absolute atomic E-state index is 5.83. The predicted octanol–water partition coefficient (Wildman–Crippen LogP) is 2.58. The van der Waals surface area contributed by atoms with Gasteiger partial charge in [-0.25, -0.2) is 0 Å². The SMILES string of the molecule is COCCCOCc1ccc(Br)cc1N. The lowest BCUT2D eigenvalue weighted by molar-refractivity contribution is 0.0931. The first kappa shape index (κ1) is 12.5. The molecule has 2 N–H and O–H groups in total. The van der Waals surface area contributed by atoms with Crippen molar-refractivity contribution in [3.63, 3.8) is 0 Å². The van der Waals surface area contributed by atoms with E-state index in [-0.39, 0.29) is 0 Å². The minimum atomic E-state index is 0.558. The maximum Gasteiger partial charge on any atom is 0.0736 e. The number of methoxy groups -OCH3 is 1. The van der Waals surface area contributed by atoms with Crippen LogP contribution in [0.2, 0.25) is 0 Å². The van der Waals surface area contributed by atoms with Gasteiger partial charge in [-0.2, -0.15) is 0 Å².